The maximum absolute atomic E-state index is 6.26. The highest BCUT2D eigenvalue weighted by Gasteiger charge is 2.26. The number of rotatable bonds is 4. The van der Waals surface area contributed by atoms with E-state index in [1.165, 1.54) is 0 Å². The topological polar surface area (TPSA) is 48.7 Å². The molecule has 0 unspecified atom stereocenters. The van der Waals surface area contributed by atoms with Crippen LogP contribution in [0.4, 0.5) is 0 Å². The number of nitrogens with zero attached hydrogens (tertiary/aromatic N) is 3. The molecule has 31 heavy (non-hydrogen) atoms. The van der Waals surface area contributed by atoms with Crippen molar-refractivity contribution in [1.82, 2.24) is 14.4 Å². The van der Waals surface area contributed by atoms with Gasteiger partial charge in [-0.2, -0.15) is 4.98 Å². The number of imidazole rings is 1. The second kappa shape index (κ2) is 7.13. The molecule has 2 aromatic heterocycles. The van der Waals surface area contributed by atoms with Crippen molar-refractivity contribution in [3.8, 4) is 28.8 Å². The minimum atomic E-state index is 0.613. The van der Waals surface area contributed by atoms with E-state index in [4.69, 9.17) is 19.4 Å². The van der Waals surface area contributed by atoms with Gasteiger partial charge in [0.2, 0.25) is 5.88 Å². The van der Waals surface area contributed by atoms with Crippen molar-refractivity contribution in [3.05, 3.63) is 83.9 Å². The summed E-state index contributed by atoms with van der Waals surface area (Å²) in [4.78, 5) is 10.0. The summed E-state index contributed by atoms with van der Waals surface area (Å²) in [6.45, 7) is 2.76. The summed E-state index contributed by atoms with van der Waals surface area (Å²) in [5.74, 6) is 3.05. The number of hydrogen-bond acceptors (Lipinski definition) is 4. The third-order valence-electron chi connectivity index (χ3n) is 5.64. The highest BCUT2D eigenvalue weighted by Crippen LogP contribution is 2.41. The normalized spacial score (nSPS) is 12.4. The van der Waals surface area contributed by atoms with Crippen molar-refractivity contribution in [3.63, 3.8) is 0 Å². The fourth-order valence-electron chi connectivity index (χ4n) is 4.21. The lowest BCUT2D eigenvalue weighted by Crippen LogP contribution is -2.10. The quantitative estimate of drug-likeness (QED) is 0.358. The molecule has 5 nitrogen and oxygen atoms in total. The monoisotopic (exact) mass is 407 g/mol. The van der Waals surface area contributed by atoms with Crippen molar-refractivity contribution in [2.45, 2.75) is 19.8 Å². The maximum atomic E-state index is 6.26. The van der Waals surface area contributed by atoms with E-state index in [0.717, 1.165) is 63.5 Å². The maximum Gasteiger partial charge on any atom is 0.228 e. The lowest BCUT2D eigenvalue weighted by Gasteiger charge is -2.21. The number of benzene rings is 3. The van der Waals surface area contributed by atoms with Crippen LogP contribution in [0, 0.1) is 0 Å². The molecular formula is C26H21N3O2. The molecule has 0 N–H and O–H groups in total. The average Bonchev–Trinajstić information content (AvgIpc) is 3.21. The predicted molar refractivity (Wildman–Crippen MR) is 121 cm³/mol. The SMILES string of the molecule is CCCOc1ccccc1-c1nc2c(c3nc4ccccc4n13)Cc1ccccc1O2. The van der Waals surface area contributed by atoms with Gasteiger partial charge in [0.1, 0.15) is 17.1 Å². The second-order valence-corrected chi connectivity index (χ2v) is 7.71. The van der Waals surface area contributed by atoms with Gasteiger partial charge in [-0.05, 0) is 42.3 Å². The summed E-state index contributed by atoms with van der Waals surface area (Å²) in [5, 5.41) is 0. The van der Waals surface area contributed by atoms with Gasteiger partial charge in [-0.15, -0.1) is 0 Å². The third kappa shape index (κ3) is 2.85. The molecule has 0 bridgehead atoms. The molecule has 0 spiro atoms. The third-order valence-corrected chi connectivity index (χ3v) is 5.64. The second-order valence-electron chi connectivity index (χ2n) is 7.71. The van der Waals surface area contributed by atoms with Crippen LogP contribution in [0.25, 0.3) is 28.1 Å². The smallest absolute Gasteiger partial charge is 0.228 e. The molecule has 5 aromatic rings. The van der Waals surface area contributed by atoms with E-state index in [0.29, 0.717) is 12.5 Å². The van der Waals surface area contributed by atoms with Gasteiger partial charge in [-0.3, -0.25) is 4.40 Å². The minimum absolute atomic E-state index is 0.613. The highest BCUT2D eigenvalue weighted by molar-refractivity contribution is 5.85. The van der Waals surface area contributed by atoms with Crippen LogP contribution in [0.1, 0.15) is 24.5 Å². The van der Waals surface area contributed by atoms with Crippen molar-refractivity contribution in [2.75, 3.05) is 6.61 Å². The van der Waals surface area contributed by atoms with Crippen molar-refractivity contribution < 1.29 is 9.47 Å². The predicted octanol–water partition coefficient (Wildman–Crippen LogP) is 6.03. The Hall–Kier alpha value is -3.86. The number of para-hydroxylation sites is 4. The molecular weight excluding hydrogens is 386 g/mol. The molecule has 1 aliphatic rings. The molecule has 5 heteroatoms. The minimum Gasteiger partial charge on any atom is -0.493 e. The van der Waals surface area contributed by atoms with Gasteiger partial charge in [-0.25, -0.2) is 4.98 Å². The molecule has 3 aromatic carbocycles. The summed E-state index contributed by atoms with van der Waals surface area (Å²) in [6, 6.07) is 24.3. The van der Waals surface area contributed by atoms with Crippen LogP contribution in [0.15, 0.2) is 72.8 Å². The van der Waals surface area contributed by atoms with Gasteiger partial charge in [0.15, 0.2) is 5.82 Å². The van der Waals surface area contributed by atoms with Crippen molar-refractivity contribution in [1.29, 1.82) is 0 Å². The van der Waals surface area contributed by atoms with Crippen molar-refractivity contribution in [2.24, 2.45) is 0 Å². The van der Waals surface area contributed by atoms with Gasteiger partial charge >= 0.3 is 0 Å². The molecule has 1 aliphatic heterocycles. The van der Waals surface area contributed by atoms with Gasteiger partial charge < -0.3 is 9.47 Å². The summed E-state index contributed by atoms with van der Waals surface area (Å²) in [5.41, 5.74) is 5.91. The van der Waals surface area contributed by atoms with Gasteiger partial charge in [0, 0.05) is 6.42 Å². The molecule has 0 fully saturated rings. The first-order chi connectivity index (χ1) is 15.3. The van der Waals surface area contributed by atoms with Gasteiger partial charge in [0.25, 0.3) is 0 Å². The van der Waals surface area contributed by atoms with Crippen LogP contribution in [0.2, 0.25) is 0 Å². The Kier molecular flexibility index (Phi) is 4.13. The van der Waals surface area contributed by atoms with E-state index < -0.39 is 0 Å². The zero-order valence-electron chi connectivity index (χ0n) is 17.2. The van der Waals surface area contributed by atoms with Crippen LogP contribution >= 0.6 is 0 Å². The van der Waals surface area contributed by atoms with E-state index in [2.05, 4.69) is 23.5 Å². The van der Waals surface area contributed by atoms with Crippen LogP contribution in [0.3, 0.4) is 0 Å². The average molecular weight is 407 g/mol. The van der Waals surface area contributed by atoms with E-state index >= 15 is 0 Å². The Morgan fingerprint density at radius 1 is 0.935 bits per heavy atom. The lowest BCUT2D eigenvalue weighted by molar-refractivity contribution is 0.318. The zero-order chi connectivity index (χ0) is 20.8. The van der Waals surface area contributed by atoms with Gasteiger partial charge in [-0.1, -0.05) is 49.4 Å². The fraction of sp³-hybridized carbons (Fsp3) is 0.154. The largest absolute Gasteiger partial charge is 0.493 e. The Labute approximate surface area is 179 Å². The molecule has 0 saturated carbocycles. The first kappa shape index (κ1) is 18.0. The number of fused-ring (bicyclic) bond motifs is 6. The zero-order valence-corrected chi connectivity index (χ0v) is 17.2. The molecule has 6 rings (SSSR count). The number of aromatic nitrogens is 3. The molecule has 3 heterocycles. The molecule has 0 saturated heterocycles. The fourth-order valence-corrected chi connectivity index (χ4v) is 4.21. The highest BCUT2D eigenvalue weighted by atomic mass is 16.5. The Morgan fingerprint density at radius 3 is 2.68 bits per heavy atom. The summed E-state index contributed by atoms with van der Waals surface area (Å²) < 4.78 is 14.5. The molecule has 0 atom stereocenters. The summed E-state index contributed by atoms with van der Waals surface area (Å²) in [7, 11) is 0. The lowest BCUT2D eigenvalue weighted by atomic mass is 10.0. The Balaban J connectivity index is 1.66. The molecule has 152 valence electrons. The first-order valence-corrected chi connectivity index (χ1v) is 10.6. The van der Waals surface area contributed by atoms with E-state index in [1.807, 2.05) is 60.7 Å². The number of ether oxygens (including phenoxy) is 2. The van der Waals surface area contributed by atoms with Crippen LogP contribution < -0.4 is 9.47 Å². The Bertz CT molecular complexity index is 1440. The van der Waals surface area contributed by atoms with E-state index in [1.54, 1.807) is 0 Å². The van der Waals surface area contributed by atoms with Gasteiger partial charge in [0.05, 0.1) is 28.8 Å². The summed E-state index contributed by atoms with van der Waals surface area (Å²) in [6.07, 6.45) is 1.68. The van der Waals surface area contributed by atoms with Crippen LogP contribution in [-0.4, -0.2) is 21.0 Å². The van der Waals surface area contributed by atoms with Crippen molar-refractivity contribution >= 4 is 16.7 Å². The van der Waals surface area contributed by atoms with E-state index in [-0.39, 0.29) is 0 Å². The first-order valence-electron chi connectivity index (χ1n) is 10.6. The van der Waals surface area contributed by atoms with E-state index in [9.17, 15) is 0 Å². The Morgan fingerprint density at radius 2 is 1.74 bits per heavy atom. The molecule has 0 aliphatic carbocycles. The summed E-state index contributed by atoms with van der Waals surface area (Å²) >= 11 is 0. The molecule has 0 amide bonds. The number of hydrogen-bond donors (Lipinski definition) is 0. The van der Waals surface area contributed by atoms with Crippen LogP contribution in [-0.2, 0) is 6.42 Å². The standard InChI is InChI=1S/C26H21N3O2/c1-2-15-30-23-14-8-4-10-18(23)24-28-26-19(16-17-9-3-7-13-22(17)31-26)25-27-20-11-5-6-12-21(20)29(24)25/h3-14H,2,15-16H2,1H3. The van der Waals surface area contributed by atoms with Crippen LogP contribution in [0.5, 0.6) is 17.4 Å². The molecule has 0 radical (unpaired) electrons.